The Morgan fingerprint density at radius 2 is 1.62 bits per heavy atom. The largest absolute Gasteiger partial charge is 1.00 e. The second-order valence-electron chi connectivity index (χ2n) is 4.15. The molecule has 0 saturated heterocycles. The maximum Gasteiger partial charge on any atom is 1.00 e. The predicted octanol–water partition coefficient (Wildman–Crippen LogP) is 1.12. The summed E-state index contributed by atoms with van der Waals surface area (Å²) in [6.07, 6.45) is 0. The summed E-state index contributed by atoms with van der Waals surface area (Å²) in [5.74, 6) is -0.308. The molecule has 0 N–H and O–H groups in total. The zero-order valence-corrected chi connectivity index (χ0v) is 15.0. The summed E-state index contributed by atoms with van der Waals surface area (Å²) < 4.78 is 55.8. The van der Waals surface area contributed by atoms with E-state index in [0.29, 0.717) is 5.56 Å². The summed E-state index contributed by atoms with van der Waals surface area (Å²) in [4.78, 5) is 0. The van der Waals surface area contributed by atoms with Crippen molar-refractivity contribution in [2.75, 3.05) is 0 Å². The van der Waals surface area contributed by atoms with Crippen molar-refractivity contribution in [2.24, 2.45) is 0 Å². The van der Waals surface area contributed by atoms with Crippen molar-refractivity contribution >= 4 is 24.0 Å². The van der Waals surface area contributed by atoms with Crippen LogP contribution >= 0.6 is 11.6 Å². The fourth-order valence-corrected chi connectivity index (χ4v) is 1.78. The average molecular weight is 343 g/mol. The first kappa shape index (κ1) is 19.0. The first-order valence-corrected chi connectivity index (χ1v) is 6.11. The SMILES string of the molecule is Fc1cccc(COc2ccc([B-](F)(F)F)cc2)c1Cl.[K+]. The number of benzene rings is 2. The molecule has 0 aromatic heterocycles. The first-order chi connectivity index (χ1) is 9.38. The minimum atomic E-state index is -5.02. The Balaban J connectivity index is 0.00000220. The van der Waals surface area contributed by atoms with E-state index in [1.807, 2.05) is 0 Å². The van der Waals surface area contributed by atoms with Crippen LogP contribution in [0.15, 0.2) is 42.5 Å². The number of rotatable bonds is 4. The Hall–Kier alpha value is -0.0487. The van der Waals surface area contributed by atoms with Crippen LogP contribution in [0.3, 0.4) is 0 Å². The summed E-state index contributed by atoms with van der Waals surface area (Å²) in [6.45, 7) is -5.04. The fourth-order valence-electron chi connectivity index (χ4n) is 1.60. The van der Waals surface area contributed by atoms with Crippen molar-refractivity contribution in [3.63, 3.8) is 0 Å². The maximum absolute atomic E-state index is 13.2. The van der Waals surface area contributed by atoms with Gasteiger partial charge in [-0.05, 0) is 18.2 Å². The molecule has 0 aliphatic heterocycles. The number of hydrogen-bond donors (Lipinski definition) is 0. The normalized spacial score (nSPS) is 10.9. The molecule has 0 saturated carbocycles. The van der Waals surface area contributed by atoms with Crippen LogP contribution in [0, 0.1) is 5.82 Å². The van der Waals surface area contributed by atoms with E-state index in [2.05, 4.69) is 0 Å². The third kappa shape index (κ3) is 5.26. The smallest absolute Gasteiger partial charge is 0.489 e. The molecule has 0 radical (unpaired) electrons. The van der Waals surface area contributed by atoms with Gasteiger partial charge in [0.25, 0.3) is 0 Å². The molecule has 1 nitrogen and oxygen atoms in total. The van der Waals surface area contributed by atoms with Gasteiger partial charge in [0.05, 0.1) is 5.02 Å². The molecule has 0 bridgehead atoms. The molecular formula is C13H9BClF4KO. The maximum atomic E-state index is 13.2. The van der Waals surface area contributed by atoms with E-state index in [1.165, 1.54) is 24.3 Å². The summed E-state index contributed by atoms with van der Waals surface area (Å²) in [6, 6.07) is 8.61. The molecule has 0 spiro atoms. The van der Waals surface area contributed by atoms with Crippen molar-refractivity contribution in [1.82, 2.24) is 0 Å². The number of ether oxygens (including phenoxy) is 1. The first-order valence-electron chi connectivity index (χ1n) is 5.73. The van der Waals surface area contributed by atoms with Gasteiger partial charge in [0, 0.05) is 5.56 Å². The molecule has 0 fully saturated rings. The predicted molar refractivity (Wildman–Crippen MR) is 70.9 cm³/mol. The minimum absolute atomic E-state index is 0. The minimum Gasteiger partial charge on any atom is -0.489 e. The van der Waals surface area contributed by atoms with Gasteiger partial charge in [0.2, 0.25) is 0 Å². The molecule has 0 amide bonds. The Labute approximate surface area is 167 Å². The monoisotopic (exact) mass is 342 g/mol. The zero-order chi connectivity index (χ0) is 14.8. The van der Waals surface area contributed by atoms with Crippen LogP contribution in [0.1, 0.15) is 5.56 Å². The summed E-state index contributed by atoms with van der Waals surface area (Å²) in [5.41, 5.74) is -0.267. The van der Waals surface area contributed by atoms with Crippen molar-refractivity contribution in [3.05, 3.63) is 58.9 Å². The van der Waals surface area contributed by atoms with E-state index in [-0.39, 0.29) is 68.8 Å². The Morgan fingerprint density at radius 1 is 1.00 bits per heavy atom. The molecule has 0 atom stereocenters. The van der Waals surface area contributed by atoms with Crippen LogP contribution in [-0.2, 0) is 6.61 Å². The molecule has 2 rings (SSSR count). The fraction of sp³-hybridized carbons (Fsp3) is 0.0769. The third-order valence-corrected chi connectivity index (χ3v) is 3.11. The van der Waals surface area contributed by atoms with Gasteiger partial charge in [-0.25, -0.2) is 4.39 Å². The molecule has 2 aromatic carbocycles. The van der Waals surface area contributed by atoms with Gasteiger partial charge in [-0.15, -0.1) is 5.46 Å². The summed E-state index contributed by atoms with van der Waals surface area (Å²) in [7, 11) is 0. The quantitative estimate of drug-likeness (QED) is 0.598. The van der Waals surface area contributed by atoms with Gasteiger partial charge in [0.15, 0.2) is 0 Å². The molecule has 2 aromatic rings. The second kappa shape index (κ2) is 7.99. The van der Waals surface area contributed by atoms with Crippen molar-refractivity contribution in [1.29, 1.82) is 0 Å². The Kier molecular flexibility index (Phi) is 7.23. The third-order valence-electron chi connectivity index (χ3n) is 2.68. The van der Waals surface area contributed by atoms with Crippen LogP contribution < -0.4 is 61.6 Å². The van der Waals surface area contributed by atoms with Crippen LogP contribution in [0.25, 0.3) is 0 Å². The Bertz CT molecular complexity index is 604. The van der Waals surface area contributed by atoms with Gasteiger partial charge in [-0.1, -0.05) is 35.9 Å². The van der Waals surface area contributed by atoms with Gasteiger partial charge >= 0.3 is 58.4 Å². The van der Waals surface area contributed by atoms with Gasteiger partial charge in [-0.2, -0.15) is 0 Å². The molecule has 0 aliphatic rings. The van der Waals surface area contributed by atoms with Crippen LogP contribution in [0.5, 0.6) is 5.75 Å². The van der Waals surface area contributed by atoms with E-state index in [4.69, 9.17) is 16.3 Å². The van der Waals surface area contributed by atoms with E-state index in [9.17, 15) is 17.3 Å². The molecule has 8 heteroatoms. The number of halogens is 5. The molecule has 0 aliphatic carbocycles. The average Bonchev–Trinajstić information content (AvgIpc) is 2.40. The van der Waals surface area contributed by atoms with Crippen molar-refractivity contribution in [3.8, 4) is 5.75 Å². The topological polar surface area (TPSA) is 9.23 Å². The van der Waals surface area contributed by atoms with Crippen molar-refractivity contribution in [2.45, 2.75) is 6.61 Å². The van der Waals surface area contributed by atoms with E-state index in [1.54, 1.807) is 6.07 Å². The van der Waals surface area contributed by atoms with Gasteiger partial charge in [0.1, 0.15) is 18.2 Å². The second-order valence-corrected chi connectivity index (χ2v) is 4.52. The van der Waals surface area contributed by atoms with Crippen LogP contribution in [0.4, 0.5) is 17.3 Å². The number of hydrogen-bond acceptors (Lipinski definition) is 1. The molecule has 0 unspecified atom stereocenters. The molecule has 106 valence electrons. The Morgan fingerprint density at radius 3 is 2.19 bits per heavy atom. The van der Waals surface area contributed by atoms with Crippen LogP contribution in [0.2, 0.25) is 5.02 Å². The van der Waals surface area contributed by atoms with E-state index >= 15 is 0 Å². The molecular weight excluding hydrogens is 333 g/mol. The van der Waals surface area contributed by atoms with Crippen LogP contribution in [-0.4, -0.2) is 6.98 Å². The summed E-state index contributed by atoms with van der Waals surface area (Å²) >= 11 is 5.74. The standard InChI is InChI=1S/C13H9BClF4O.K/c15-13-9(2-1-3-12(13)16)8-20-11-6-4-10(5-7-11)14(17,18)19;/h1-7H,8H2;/q-1;+1. The molecule has 21 heavy (non-hydrogen) atoms. The van der Waals surface area contributed by atoms with E-state index in [0.717, 1.165) is 12.1 Å². The van der Waals surface area contributed by atoms with E-state index < -0.39 is 18.3 Å². The van der Waals surface area contributed by atoms with Gasteiger partial charge in [-0.3, -0.25) is 0 Å². The molecule has 0 heterocycles. The summed E-state index contributed by atoms with van der Waals surface area (Å²) in [5, 5.41) is -0.0530. The zero-order valence-electron chi connectivity index (χ0n) is 11.1. The van der Waals surface area contributed by atoms with Gasteiger partial charge < -0.3 is 17.7 Å². The van der Waals surface area contributed by atoms with Crippen molar-refractivity contribution < 1.29 is 73.5 Å².